The van der Waals surface area contributed by atoms with Gasteiger partial charge in [0.1, 0.15) is 5.82 Å². The van der Waals surface area contributed by atoms with Gasteiger partial charge in [0.25, 0.3) is 0 Å². The number of anilines is 2. The summed E-state index contributed by atoms with van der Waals surface area (Å²) in [7, 11) is 0. The van der Waals surface area contributed by atoms with E-state index in [1.165, 1.54) is 0 Å². The molecule has 3 rings (SSSR count). The van der Waals surface area contributed by atoms with E-state index in [4.69, 9.17) is 5.73 Å². The SMILES string of the molecule is CCC1CN(c2nccc(N)n2)CCC(=O)N1Cc1ccccc1. The number of hydrogen-bond acceptors (Lipinski definition) is 5. The maximum absolute atomic E-state index is 12.7. The van der Waals surface area contributed by atoms with Gasteiger partial charge in [0.15, 0.2) is 0 Å². The molecule has 0 saturated carbocycles. The number of nitrogens with two attached hydrogens (primary N) is 1. The molecule has 0 spiro atoms. The van der Waals surface area contributed by atoms with Gasteiger partial charge in [-0.3, -0.25) is 4.79 Å². The zero-order chi connectivity index (χ0) is 16.9. The van der Waals surface area contributed by atoms with Gasteiger partial charge in [-0.1, -0.05) is 37.3 Å². The molecule has 6 nitrogen and oxygen atoms in total. The topological polar surface area (TPSA) is 75.4 Å². The summed E-state index contributed by atoms with van der Waals surface area (Å²) in [5.74, 6) is 1.23. The molecular weight excluding hydrogens is 302 g/mol. The highest BCUT2D eigenvalue weighted by Crippen LogP contribution is 2.20. The number of amides is 1. The van der Waals surface area contributed by atoms with E-state index in [2.05, 4.69) is 33.9 Å². The molecule has 0 bridgehead atoms. The van der Waals surface area contributed by atoms with Crippen molar-refractivity contribution in [2.24, 2.45) is 0 Å². The van der Waals surface area contributed by atoms with Crippen LogP contribution in [0.25, 0.3) is 0 Å². The van der Waals surface area contributed by atoms with Crippen molar-refractivity contribution in [3.05, 3.63) is 48.2 Å². The average molecular weight is 325 g/mol. The number of hydrogen-bond donors (Lipinski definition) is 1. The normalized spacial score (nSPS) is 18.5. The molecule has 1 amide bonds. The Kier molecular flexibility index (Phi) is 4.93. The molecule has 1 aromatic heterocycles. The van der Waals surface area contributed by atoms with Gasteiger partial charge >= 0.3 is 0 Å². The minimum Gasteiger partial charge on any atom is -0.384 e. The number of carbonyl (C=O) groups excluding carboxylic acids is 1. The Labute approximate surface area is 142 Å². The highest BCUT2D eigenvalue weighted by molar-refractivity contribution is 5.77. The first-order chi connectivity index (χ1) is 11.7. The summed E-state index contributed by atoms with van der Waals surface area (Å²) in [5, 5.41) is 0. The Hall–Kier alpha value is -2.63. The first-order valence-electron chi connectivity index (χ1n) is 8.34. The Morgan fingerprint density at radius 2 is 2.04 bits per heavy atom. The van der Waals surface area contributed by atoms with Crippen molar-refractivity contribution in [3.63, 3.8) is 0 Å². The van der Waals surface area contributed by atoms with E-state index < -0.39 is 0 Å². The molecule has 2 N–H and O–H groups in total. The summed E-state index contributed by atoms with van der Waals surface area (Å²) < 4.78 is 0. The lowest BCUT2D eigenvalue weighted by atomic mass is 10.1. The number of nitrogen functional groups attached to an aromatic ring is 1. The van der Waals surface area contributed by atoms with Crippen LogP contribution in [-0.4, -0.2) is 39.9 Å². The quantitative estimate of drug-likeness (QED) is 0.931. The van der Waals surface area contributed by atoms with Crippen LogP contribution in [0.2, 0.25) is 0 Å². The van der Waals surface area contributed by atoms with Gasteiger partial charge in [-0.05, 0) is 18.1 Å². The largest absolute Gasteiger partial charge is 0.384 e. The molecule has 1 unspecified atom stereocenters. The summed E-state index contributed by atoms with van der Waals surface area (Å²) in [4.78, 5) is 25.3. The van der Waals surface area contributed by atoms with Gasteiger partial charge in [-0.25, -0.2) is 4.98 Å². The maximum Gasteiger partial charge on any atom is 0.227 e. The van der Waals surface area contributed by atoms with Crippen LogP contribution in [0.4, 0.5) is 11.8 Å². The summed E-state index contributed by atoms with van der Waals surface area (Å²) >= 11 is 0. The van der Waals surface area contributed by atoms with E-state index in [0.717, 1.165) is 18.5 Å². The highest BCUT2D eigenvalue weighted by atomic mass is 16.2. The second kappa shape index (κ2) is 7.29. The van der Waals surface area contributed by atoms with Crippen LogP contribution in [0.5, 0.6) is 0 Å². The Balaban J connectivity index is 1.80. The van der Waals surface area contributed by atoms with Gasteiger partial charge in [0, 0.05) is 38.3 Å². The fourth-order valence-corrected chi connectivity index (χ4v) is 3.06. The van der Waals surface area contributed by atoms with Crippen LogP contribution < -0.4 is 10.6 Å². The zero-order valence-electron chi connectivity index (χ0n) is 13.9. The van der Waals surface area contributed by atoms with Crippen molar-refractivity contribution in [3.8, 4) is 0 Å². The van der Waals surface area contributed by atoms with Crippen LogP contribution in [0.15, 0.2) is 42.6 Å². The predicted molar refractivity (Wildman–Crippen MR) is 94.3 cm³/mol. The molecule has 1 aromatic carbocycles. The standard InChI is InChI=1S/C18H23N5O/c1-2-15-13-22(18-20-10-8-16(19)21-18)11-9-17(24)23(15)12-14-6-4-3-5-7-14/h3-8,10,15H,2,9,11-13H2,1H3,(H2,19,20,21). The van der Waals surface area contributed by atoms with E-state index in [1.54, 1.807) is 12.3 Å². The third-order valence-electron chi connectivity index (χ3n) is 4.40. The van der Waals surface area contributed by atoms with Crippen LogP contribution >= 0.6 is 0 Å². The van der Waals surface area contributed by atoms with E-state index in [9.17, 15) is 4.79 Å². The lowest BCUT2D eigenvalue weighted by molar-refractivity contribution is -0.133. The first kappa shape index (κ1) is 16.2. The molecule has 1 atom stereocenters. The Bertz CT molecular complexity index is 691. The van der Waals surface area contributed by atoms with Gasteiger partial charge in [-0.2, -0.15) is 4.98 Å². The number of benzene rings is 1. The maximum atomic E-state index is 12.7. The molecule has 24 heavy (non-hydrogen) atoms. The number of rotatable bonds is 4. The van der Waals surface area contributed by atoms with Gasteiger partial charge in [-0.15, -0.1) is 0 Å². The lowest BCUT2D eigenvalue weighted by Crippen LogP contribution is -2.42. The third kappa shape index (κ3) is 3.64. The van der Waals surface area contributed by atoms with Crippen molar-refractivity contribution in [1.82, 2.24) is 14.9 Å². The van der Waals surface area contributed by atoms with Crippen molar-refractivity contribution in [2.75, 3.05) is 23.7 Å². The molecule has 0 aliphatic carbocycles. The van der Waals surface area contributed by atoms with Crippen molar-refractivity contribution in [1.29, 1.82) is 0 Å². The molecule has 1 aliphatic heterocycles. The Morgan fingerprint density at radius 1 is 1.25 bits per heavy atom. The molecule has 2 aromatic rings. The summed E-state index contributed by atoms with van der Waals surface area (Å²) in [6.07, 6.45) is 3.01. The van der Waals surface area contributed by atoms with Crippen LogP contribution in [0.3, 0.4) is 0 Å². The van der Waals surface area contributed by atoms with Crippen molar-refractivity contribution in [2.45, 2.75) is 32.4 Å². The second-order valence-electron chi connectivity index (χ2n) is 6.05. The molecule has 1 saturated heterocycles. The van der Waals surface area contributed by atoms with E-state index in [0.29, 0.717) is 31.3 Å². The van der Waals surface area contributed by atoms with E-state index >= 15 is 0 Å². The third-order valence-corrected chi connectivity index (χ3v) is 4.40. The van der Waals surface area contributed by atoms with Gasteiger partial charge in [0.05, 0.1) is 0 Å². The Morgan fingerprint density at radius 3 is 2.75 bits per heavy atom. The molecule has 6 heteroatoms. The summed E-state index contributed by atoms with van der Waals surface area (Å²) in [5.41, 5.74) is 6.92. The predicted octanol–water partition coefficient (Wildman–Crippen LogP) is 2.08. The zero-order valence-corrected chi connectivity index (χ0v) is 13.9. The van der Waals surface area contributed by atoms with Gasteiger partial charge in [0.2, 0.25) is 11.9 Å². The first-order valence-corrected chi connectivity index (χ1v) is 8.34. The molecule has 1 aliphatic rings. The monoisotopic (exact) mass is 325 g/mol. The number of nitrogens with zero attached hydrogens (tertiary/aromatic N) is 4. The van der Waals surface area contributed by atoms with E-state index in [-0.39, 0.29) is 11.9 Å². The molecule has 1 fully saturated rings. The fourth-order valence-electron chi connectivity index (χ4n) is 3.06. The van der Waals surface area contributed by atoms with Crippen LogP contribution in [0.1, 0.15) is 25.3 Å². The highest BCUT2D eigenvalue weighted by Gasteiger charge is 2.29. The molecule has 2 heterocycles. The summed E-state index contributed by atoms with van der Waals surface area (Å²) in [6.45, 7) is 4.09. The molecule has 0 radical (unpaired) electrons. The van der Waals surface area contributed by atoms with Crippen molar-refractivity contribution < 1.29 is 4.79 Å². The number of carbonyl (C=O) groups is 1. The van der Waals surface area contributed by atoms with Crippen molar-refractivity contribution >= 4 is 17.7 Å². The lowest BCUT2D eigenvalue weighted by Gasteiger charge is -2.31. The summed E-state index contributed by atoms with van der Waals surface area (Å²) in [6, 6.07) is 11.9. The minimum absolute atomic E-state index is 0.130. The molecular formula is C18H23N5O. The molecule has 126 valence electrons. The van der Waals surface area contributed by atoms with Crippen LogP contribution in [-0.2, 0) is 11.3 Å². The second-order valence-corrected chi connectivity index (χ2v) is 6.05. The minimum atomic E-state index is 0.130. The number of aromatic nitrogens is 2. The average Bonchev–Trinajstić information content (AvgIpc) is 2.76. The van der Waals surface area contributed by atoms with Crippen LogP contribution in [0, 0.1) is 0 Å². The van der Waals surface area contributed by atoms with E-state index in [1.807, 2.05) is 23.1 Å². The smallest absolute Gasteiger partial charge is 0.227 e. The van der Waals surface area contributed by atoms with Gasteiger partial charge < -0.3 is 15.5 Å². The fraction of sp³-hybridized carbons (Fsp3) is 0.389.